The molecule has 0 spiro atoms. The van der Waals surface area contributed by atoms with Crippen LogP contribution in [0.15, 0.2) is 24.3 Å². The molecule has 106 valence electrons. The van der Waals surface area contributed by atoms with Gasteiger partial charge in [-0.3, -0.25) is 0 Å². The van der Waals surface area contributed by atoms with Gasteiger partial charge in [-0.25, -0.2) is 4.39 Å². The van der Waals surface area contributed by atoms with Crippen LogP contribution < -0.4 is 15.5 Å². The first-order chi connectivity index (χ1) is 9.08. The van der Waals surface area contributed by atoms with Gasteiger partial charge < -0.3 is 15.5 Å². The average Bonchev–Trinajstić information content (AvgIpc) is 2.37. The van der Waals surface area contributed by atoms with Gasteiger partial charge in [0.2, 0.25) is 0 Å². The van der Waals surface area contributed by atoms with Crippen molar-refractivity contribution in [3.63, 3.8) is 0 Å². The van der Waals surface area contributed by atoms with Crippen LogP contribution in [0.3, 0.4) is 0 Å². The second kappa shape index (κ2) is 8.82. The summed E-state index contributed by atoms with van der Waals surface area (Å²) in [5.41, 5.74) is 1.10. The molecule has 0 amide bonds. The minimum atomic E-state index is -0.197. The van der Waals surface area contributed by atoms with Crippen molar-refractivity contribution < 1.29 is 9.29 Å². The summed E-state index contributed by atoms with van der Waals surface area (Å²) < 4.78 is 12.7. The van der Waals surface area contributed by atoms with E-state index in [1.165, 1.54) is 17.0 Å². The molecule has 0 saturated carbocycles. The third-order valence-corrected chi connectivity index (χ3v) is 3.04. The van der Waals surface area contributed by atoms with Crippen LogP contribution in [0.2, 0.25) is 0 Å². The van der Waals surface area contributed by atoms with Gasteiger partial charge in [-0.05, 0) is 36.3 Å². The SMILES string of the molecule is C[NH+](C)CCCNC(=S)NCCc1ccc(F)cc1. The van der Waals surface area contributed by atoms with E-state index in [0.717, 1.165) is 38.0 Å². The Morgan fingerprint density at radius 1 is 1.16 bits per heavy atom. The molecule has 19 heavy (non-hydrogen) atoms. The first kappa shape index (κ1) is 15.9. The normalized spacial score (nSPS) is 10.5. The summed E-state index contributed by atoms with van der Waals surface area (Å²) in [5, 5.41) is 7.02. The lowest BCUT2D eigenvalue weighted by Gasteiger charge is -2.11. The maximum absolute atomic E-state index is 12.7. The molecule has 0 saturated heterocycles. The number of nitrogens with one attached hydrogen (secondary N) is 3. The van der Waals surface area contributed by atoms with Crippen LogP contribution in [0, 0.1) is 5.82 Å². The zero-order valence-electron chi connectivity index (χ0n) is 11.6. The predicted molar refractivity (Wildman–Crippen MR) is 81.0 cm³/mol. The highest BCUT2D eigenvalue weighted by molar-refractivity contribution is 7.80. The van der Waals surface area contributed by atoms with Crippen molar-refractivity contribution >= 4 is 17.3 Å². The van der Waals surface area contributed by atoms with Crippen molar-refractivity contribution in [2.24, 2.45) is 0 Å². The first-order valence-electron chi connectivity index (χ1n) is 6.63. The molecule has 1 aromatic rings. The minimum Gasteiger partial charge on any atom is -0.363 e. The quantitative estimate of drug-likeness (QED) is 0.499. The number of hydrogen-bond acceptors (Lipinski definition) is 1. The average molecular weight is 284 g/mol. The van der Waals surface area contributed by atoms with E-state index >= 15 is 0 Å². The molecular formula is C14H23FN3S+. The van der Waals surface area contributed by atoms with Crippen molar-refractivity contribution in [1.29, 1.82) is 0 Å². The highest BCUT2D eigenvalue weighted by Gasteiger charge is 1.98. The number of benzene rings is 1. The molecule has 0 unspecified atom stereocenters. The Morgan fingerprint density at radius 2 is 1.79 bits per heavy atom. The zero-order valence-corrected chi connectivity index (χ0v) is 12.4. The molecule has 3 N–H and O–H groups in total. The lowest BCUT2D eigenvalue weighted by molar-refractivity contribution is -0.858. The van der Waals surface area contributed by atoms with Gasteiger partial charge in [-0.15, -0.1) is 0 Å². The van der Waals surface area contributed by atoms with Crippen molar-refractivity contribution in [1.82, 2.24) is 10.6 Å². The maximum atomic E-state index is 12.7. The smallest absolute Gasteiger partial charge is 0.166 e. The van der Waals surface area contributed by atoms with E-state index in [-0.39, 0.29) is 5.82 Å². The van der Waals surface area contributed by atoms with Crippen molar-refractivity contribution in [2.45, 2.75) is 12.8 Å². The molecular weight excluding hydrogens is 261 g/mol. The highest BCUT2D eigenvalue weighted by atomic mass is 32.1. The summed E-state index contributed by atoms with van der Waals surface area (Å²) in [6.07, 6.45) is 1.94. The molecule has 0 aliphatic carbocycles. The molecule has 0 fully saturated rings. The van der Waals surface area contributed by atoms with Gasteiger partial charge >= 0.3 is 0 Å². The second-order valence-corrected chi connectivity index (χ2v) is 5.28. The van der Waals surface area contributed by atoms with Gasteiger partial charge in [0.05, 0.1) is 20.6 Å². The monoisotopic (exact) mass is 284 g/mol. The van der Waals surface area contributed by atoms with Crippen LogP contribution in [0.5, 0.6) is 0 Å². The third-order valence-electron chi connectivity index (χ3n) is 2.75. The fraction of sp³-hybridized carbons (Fsp3) is 0.500. The largest absolute Gasteiger partial charge is 0.363 e. The molecule has 0 aromatic heterocycles. The molecule has 1 aromatic carbocycles. The van der Waals surface area contributed by atoms with Crippen LogP contribution in [0.4, 0.5) is 4.39 Å². The minimum absolute atomic E-state index is 0.197. The molecule has 1 rings (SSSR count). The van der Waals surface area contributed by atoms with E-state index in [2.05, 4.69) is 24.7 Å². The van der Waals surface area contributed by atoms with Crippen LogP contribution in [-0.2, 0) is 6.42 Å². The Labute approximate surface area is 120 Å². The first-order valence-corrected chi connectivity index (χ1v) is 7.04. The molecule has 0 atom stereocenters. The van der Waals surface area contributed by atoms with Crippen molar-refractivity contribution in [3.05, 3.63) is 35.6 Å². The Hall–Kier alpha value is -1.20. The predicted octanol–water partition coefficient (Wildman–Crippen LogP) is 0.367. The number of halogens is 1. The highest BCUT2D eigenvalue weighted by Crippen LogP contribution is 2.02. The van der Waals surface area contributed by atoms with Crippen LogP contribution in [-0.4, -0.2) is 38.8 Å². The lowest BCUT2D eigenvalue weighted by Crippen LogP contribution is -3.05. The molecule has 5 heteroatoms. The number of quaternary nitrogens is 1. The summed E-state index contributed by atoms with van der Waals surface area (Å²) in [7, 11) is 4.28. The zero-order chi connectivity index (χ0) is 14.1. The summed E-state index contributed by atoms with van der Waals surface area (Å²) in [4.78, 5) is 1.44. The molecule has 0 radical (unpaired) electrons. The topological polar surface area (TPSA) is 28.5 Å². The number of rotatable bonds is 7. The van der Waals surface area contributed by atoms with E-state index in [1.807, 2.05) is 0 Å². The van der Waals surface area contributed by atoms with Gasteiger partial charge in [0.25, 0.3) is 0 Å². The van der Waals surface area contributed by atoms with Gasteiger partial charge in [0.1, 0.15) is 5.82 Å². The Balaban J connectivity index is 2.08. The Bertz CT molecular complexity index is 379. The fourth-order valence-corrected chi connectivity index (χ4v) is 1.88. The summed E-state index contributed by atoms with van der Waals surface area (Å²) in [6, 6.07) is 6.56. The van der Waals surface area contributed by atoms with E-state index in [4.69, 9.17) is 12.2 Å². The molecule has 3 nitrogen and oxygen atoms in total. The van der Waals surface area contributed by atoms with E-state index in [0.29, 0.717) is 5.11 Å². The molecule has 0 bridgehead atoms. The standard InChI is InChI=1S/C14H22FN3S/c1-18(2)11-3-9-16-14(19)17-10-8-12-4-6-13(15)7-5-12/h4-7H,3,8-11H2,1-2H3,(H2,16,17,19)/p+1. The summed E-state index contributed by atoms with van der Waals surface area (Å²) >= 11 is 5.18. The van der Waals surface area contributed by atoms with Gasteiger partial charge in [0, 0.05) is 19.5 Å². The van der Waals surface area contributed by atoms with Gasteiger partial charge in [-0.1, -0.05) is 12.1 Å². The Kier molecular flexibility index (Phi) is 7.36. The molecule has 0 aliphatic heterocycles. The van der Waals surface area contributed by atoms with Crippen molar-refractivity contribution in [2.75, 3.05) is 33.7 Å². The van der Waals surface area contributed by atoms with E-state index in [9.17, 15) is 4.39 Å². The summed E-state index contributed by atoms with van der Waals surface area (Å²) in [6.45, 7) is 2.79. The molecule has 0 heterocycles. The van der Waals surface area contributed by atoms with E-state index in [1.54, 1.807) is 12.1 Å². The lowest BCUT2D eigenvalue weighted by atomic mass is 10.1. The number of hydrogen-bond donors (Lipinski definition) is 3. The van der Waals surface area contributed by atoms with Gasteiger partial charge in [0.15, 0.2) is 5.11 Å². The summed E-state index contributed by atoms with van der Waals surface area (Å²) in [5.74, 6) is -0.197. The van der Waals surface area contributed by atoms with Crippen molar-refractivity contribution in [3.8, 4) is 0 Å². The maximum Gasteiger partial charge on any atom is 0.166 e. The van der Waals surface area contributed by atoms with E-state index < -0.39 is 0 Å². The van der Waals surface area contributed by atoms with Gasteiger partial charge in [-0.2, -0.15) is 0 Å². The Morgan fingerprint density at radius 3 is 2.42 bits per heavy atom. The molecule has 0 aliphatic rings. The van der Waals surface area contributed by atoms with Crippen LogP contribution >= 0.6 is 12.2 Å². The third kappa shape index (κ3) is 7.74. The van der Waals surface area contributed by atoms with Crippen LogP contribution in [0.25, 0.3) is 0 Å². The fourth-order valence-electron chi connectivity index (χ4n) is 1.68. The number of thiocarbonyl (C=S) groups is 1. The van der Waals surface area contributed by atoms with Crippen LogP contribution in [0.1, 0.15) is 12.0 Å². The second-order valence-electron chi connectivity index (χ2n) is 4.87.